The van der Waals surface area contributed by atoms with Crippen LogP contribution in [-0.2, 0) is 0 Å². The summed E-state index contributed by atoms with van der Waals surface area (Å²) in [4.78, 5) is 15.9. The minimum Gasteiger partial charge on any atom is -0.369 e. The number of rotatable bonds is 6. The molecule has 6 heteroatoms. The third-order valence-corrected chi connectivity index (χ3v) is 8.40. The largest absolute Gasteiger partial charge is 0.369 e. The number of piperidine rings is 1. The second-order valence-electron chi connectivity index (χ2n) is 11.5. The Balaban J connectivity index is 1.23. The highest BCUT2D eigenvalue weighted by Crippen LogP contribution is 2.39. The molecule has 2 atom stereocenters. The number of halogens is 1. The maximum Gasteiger partial charge on any atom is 0.148 e. The summed E-state index contributed by atoms with van der Waals surface area (Å²) in [6.07, 6.45) is 8.20. The lowest BCUT2D eigenvalue weighted by atomic mass is 10.0. The number of likely N-dealkylation sites (tertiary alicyclic amines) is 1. The quantitative estimate of drug-likeness (QED) is 0.412. The molecule has 4 heterocycles. The maximum atomic E-state index is 15.2. The highest BCUT2D eigenvalue weighted by molar-refractivity contribution is 5.76. The first kappa shape index (κ1) is 23.8. The van der Waals surface area contributed by atoms with E-state index in [0.717, 1.165) is 86.6 Å². The van der Waals surface area contributed by atoms with E-state index >= 15 is 4.39 Å². The van der Waals surface area contributed by atoms with Crippen LogP contribution in [0.25, 0.3) is 11.0 Å². The van der Waals surface area contributed by atoms with Gasteiger partial charge in [0.05, 0.1) is 28.8 Å². The maximum absolute atomic E-state index is 15.2. The van der Waals surface area contributed by atoms with Crippen molar-refractivity contribution in [3.8, 4) is 0 Å². The number of imidazole rings is 1. The molecule has 0 unspecified atom stereocenters. The molecule has 0 saturated carbocycles. The van der Waals surface area contributed by atoms with E-state index in [-0.39, 0.29) is 11.9 Å². The van der Waals surface area contributed by atoms with Crippen LogP contribution in [-0.4, -0.2) is 47.6 Å². The second kappa shape index (κ2) is 10.0. The Kier molecular flexibility index (Phi) is 6.63. The Morgan fingerprint density at radius 3 is 2.53 bits per heavy atom. The number of aromatic nitrogens is 2. The fourth-order valence-corrected chi connectivity index (χ4v) is 6.72. The van der Waals surface area contributed by atoms with Gasteiger partial charge in [-0.2, -0.15) is 0 Å². The summed E-state index contributed by atoms with van der Waals surface area (Å²) in [5.41, 5.74) is 5.22. The monoisotopic (exact) mass is 489 g/mol. The zero-order valence-electron chi connectivity index (χ0n) is 21.8. The van der Waals surface area contributed by atoms with E-state index in [2.05, 4.69) is 57.8 Å². The molecule has 3 aliphatic rings. The van der Waals surface area contributed by atoms with Crippen LogP contribution < -0.4 is 9.80 Å². The summed E-state index contributed by atoms with van der Waals surface area (Å²) in [7, 11) is 0. The number of nitrogens with one attached hydrogen (secondary N) is 1. The molecule has 3 fully saturated rings. The molecule has 5 nitrogen and oxygen atoms in total. The number of hydrogen-bond acceptors (Lipinski definition) is 4. The van der Waals surface area contributed by atoms with Crippen molar-refractivity contribution in [1.82, 2.24) is 14.9 Å². The topological polar surface area (TPSA) is 38.4 Å². The number of fused-ring (bicyclic) bond motifs is 1. The van der Waals surface area contributed by atoms with Crippen molar-refractivity contribution < 1.29 is 4.39 Å². The van der Waals surface area contributed by atoms with Gasteiger partial charge in [-0.05, 0) is 93.3 Å². The van der Waals surface area contributed by atoms with Crippen molar-refractivity contribution in [3.63, 3.8) is 0 Å². The van der Waals surface area contributed by atoms with E-state index < -0.39 is 0 Å². The van der Waals surface area contributed by atoms with Crippen molar-refractivity contribution >= 4 is 22.4 Å². The summed E-state index contributed by atoms with van der Waals surface area (Å²) in [5.74, 6) is 1.68. The normalized spacial score (nSPS) is 23.4. The predicted molar refractivity (Wildman–Crippen MR) is 146 cm³/mol. The lowest BCUT2D eigenvalue weighted by molar-refractivity contribution is 0.222. The standard InChI is InChI=1S/C30H40FN5/c1-21(2)20-35-16-6-9-29(35)30-32-25-12-10-22(18-26(25)33-30)27-8-7-17-36(27)23-11-13-28(24(31)19-23)34-14-4-3-5-15-34/h10-13,18-19,21,27,29H,3-9,14-17,20H2,1-2H3,(H,32,33)/t27-,29-/m0/s1. The van der Waals surface area contributed by atoms with Crippen molar-refractivity contribution in [3.05, 3.63) is 53.6 Å². The predicted octanol–water partition coefficient (Wildman–Crippen LogP) is 6.83. The van der Waals surface area contributed by atoms with Crippen LogP contribution in [0.3, 0.4) is 0 Å². The first-order chi connectivity index (χ1) is 17.6. The number of aromatic amines is 1. The summed E-state index contributed by atoms with van der Waals surface area (Å²) in [5, 5.41) is 0. The number of H-pyrrole nitrogens is 1. The zero-order valence-corrected chi connectivity index (χ0v) is 21.8. The van der Waals surface area contributed by atoms with Gasteiger partial charge in [-0.15, -0.1) is 0 Å². The molecule has 0 aliphatic carbocycles. The summed E-state index contributed by atoms with van der Waals surface area (Å²) < 4.78 is 15.2. The van der Waals surface area contributed by atoms with Gasteiger partial charge in [0.15, 0.2) is 0 Å². The molecule has 2 aromatic carbocycles. The molecular weight excluding hydrogens is 449 g/mol. The van der Waals surface area contributed by atoms with Crippen molar-refractivity contribution in [2.45, 2.75) is 70.9 Å². The number of anilines is 2. The van der Waals surface area contributed by atoms with Crippen LogP contribution in [0.15, 0.2) is 36.4 Å². The highest BCUT2D eigenvalue weighted by atomic mass is 19.1. The van der Waals surface area contributed by atoms with Crippen molar-refractivity contribution in [2.75, 3.05) is 42.5 Å². The Morgan fingerprint density at radius 1 is 0.917 bits per heavy atom. The van der Waals surface area contributed by atoms with Gasteiger partial charge in [0.25, 0.3) is 0 Å². The SMILES string of the molecule is CC(C)CN1CCC[C@H]1c1nc2ccc([C@@H]3CCCN3c3ccc(N4CCCCC4)c(F)c3)cc2[nH]1. The molecule has 36 heavy (non-hydrogen) atoms. The van der Waals surface area contributed by atoms with Gasteiger partial charge >= 0.3 is 0 Å². The molecule has 6 rings (SSSR count). The van der Waals surface area contributed by atoms with E-state index in [4.69, 9.17) is 4.98 Å². The first-order valence-corrected chi connectivity index (χ1v) is 14.1. The van der Waals surface area contributed by atoms with Crippen molar-refractivity contribution in [1.29, 1.82) is 0 Å². The molecule has 1 N–H and O–H groups in total. The zero-order chi connectivity index (χ0) is 24.6. The average Bonchev–Trinajstić information content (AvgIpc) is 3.63. The molecule has 3 aromatic rings. The smallest absolute Gasteiger partial charge is 0.148 e. The number of nitrogens with zero attached hydrogens (tertiary/aromatic N) is 4. The number of benzene rings is 2. The van der Waals surface area contributed by atoms with Crippen LogP contribution in [0.5, 0.6) is 0 Å². The van der Waals surface area contributed by atoms with Gasteiger partial charge in [-0.25, -0.2) is 9.37 Å². The highest BCUT2D eigenvalue weighted by Gasteiger charge is 2.30. The molecule has 0 spiro atoms. The molecule has 3 saturated heterocycles. The van der Waals surface area contributed by atoms with Gasteiger partial charge in [-0.1, -0.05) is 19.9 Å². The average molecular weight is 490 g/mol. The molecule has 192 valence electrons. The van der Waals surface area contributed by atoms with Gasteiger partial charge < -0.3 is 14.8 Å². The molecule has 0 bridgehead atoms. The number of hydrogen-bond donors (Lipinski definition) is 1. The van der Waals surface area contributed by atoms with Gasteiger partial charge in [-0.3, -0.25) is 4.90 Å². The lowest BCUT2D eigenvalue weighted by Gasteiger charge is -2.31. The fraction of sp³-hybridized carbons (Fsp3) is 0.567. The molecule has 3 aliphatic heterocycles. The third kappa shape index (κ3) is 4.60. The Hall–Kier alpha value is -2.60. The molecular formula is C30H40FN5. The van der Waals surface area contributed by atoms with Crippen LogP contribution >= 0.6 is 0 Å². The Morgan fingerprint density at radius 2 is 1.72 bits per heavy atom. The molecule has 1 aromatic heterocycles. The van der Waals surface area contributed by atoms with E-state index in [1.165, 1.54) is 24.8 Å². The van der Waals surface area contributed by atoms with Crippen molar-refractivity contribution in [2.24, 2.45) is 5.92 Å². The van der Waals surface area contributed by atoms with E-state index in [9.17, 15) is 0 Å². The fourth-order valence-electron chi connectivity index (χ4n) is 6.72. The van der Waals surface area contributed by atoms with Gasteiger partial charge in [0.1, 0.15) is 11.6 Å². The van der Waals surface area contributed by atoms with E-state index in [0.29, 0.717) is 12.0 Å². The van der Waals surface area contributed by atoms with Crippen LogP contribution in [0.1, 0.15) is 82.3 Å². The molecule has 0 radical (unpaired) electrons. The summed E-state index contributed by atoms with van der Waals surface area (Å²) in [6.45, 7) is 9.76. The Labute approximate surface area is 214 Å². The van der Waals surface area contributed by atoms with Gasteiger partial charge in [0.2, 0.25) is 0 Å². The Bertz CT molecular complexity index is 1200. The summed E-state index contributed by atoms with van der Waals surface area (Å²) in [6, 6.07) is 13.2. The van der Waals surface area contributed by atoms with Gasteiger partial charge in [0, 0.05) is 31.9 Å². The van der Waals surface area contributed by atoms with Crippen LogP contribution in [0, 0.1) is 11.7 Å². The van der Waals surface area contributed by atoms with E-state index in [1.807, 2.05) is 6.07 Å². The molecule has 0 amide bonds. The lowest BCUT2D eigenvalue weighted by Crippen LogP contribution is -2.30. The minimum atomic E-state index is -0.0868. The third-order valence-electron chi connectivity index (χ3n) is 8.40. The minimum absolute atomic E-state index is 0.0868. The van der Waals surface area contributed by atoms with Crippen LogP contribution in [0.2, 0.25) is 0 Å². The van der Waals surface area contributed by atoms with Crippen LogP contribution in [0.4, 0.5) is 15.8 Å². The van der Waals surface area contributed by atoms with E-state index in [1.54, 1.807) is 6.07 Å². The second-order valence-corrected chi connectivity index (χ2v) is 11.5. The summed E-state index contributed by atoms with van der Waals surface area (Å²) >= 11 is 0. The first-order valence-electron chi connectivity index (χ1n) is 14.1.